The van der Waals surface area contributed by atoms with Crippen LogP contribution in [0.1, 0.15) is 22.0 Å². The second-order valence-corrected chi connectivity index (χ2v) is 8.95. The Morgan fingerprint density at radius 1 is 1.05 bits per heavy atom. The number of nitrogens with zero attached hydrogens (tertiary/aromatic N) is 7. The van der Waals surface area contributed by atoms with Gasteiger partial charge in [0.1, 0.15) is 6.04 Å². The number of likely N-dealkylation sites (N-methyl/N-ethyl adjacent to an activating group) is 1. The fraction of sp³-hybridized carbons (Fsp3) is 0.280. The maximum atomic E-state index is 14.7. The number of ketones is 1. The first-order valence-corrected chi connectivity index (χ1v) is 11.7. The zero-order chi connectivity index (χ0) is 26.1. The maximum Gasteiger partial charge on any atom is 0.295 e. The van der Waals surface area contributed by atoms with Crippen LogP contribution in [0.25, 0.3) is 16.7 Å². The molecule has 0 bridgehead atoms. The van der Waals surface area contributed by atoms with Crippen molar-refractivity contribution in [2.45, 2.75) is 6.04 Å². The lowest BCUT2D eigenvalue weighted by atomic mass is 10.0. The number of nitrogens with one attached hydrogen (secondary N) is 1. The van der Waals surface area contributed by atoms with Gasteiger partial charge < -0.3 is 14.8 Å². The molecule has 3 aromatic heterocycles. The van der Waals surface area contributed by atoms with E-state index in [-0.39, 0.29) is 54.4 Å². The van der Waals surface area contributed by atoms with Gasteiger partial charge in [-0.1, -0.05) is 35.5 Å². The monoisotopic (exact) mass is 504 g/mol. The number of H-pyrrole nitrogens is 1. The van der Waals surface area contributed by atoms with Crippen LogP contribution in [0.15, 0.2) is 55.1 Å². The van der Waals surface area contributed by atoms with Gasteiger partial charge >= 0.3 is 0 Å². The maximum absolute atomic E-state index is 14.7. The van der Waals surface area contributed by atoms with Gasteiger partial charge in [-0.15, -0.1) is 5.10 Å². The molecule has 1 N–H and O–H groups in total. The van der Waals surface area contributed by atoms with E-state index in [1.165, 1.54) is 28.2 Å². The zero-order valence-corrected chi connectivity index (χ0v) is 20.3. The van der Waals surface area contributed by atoms with E-state index in [1.807, 2.05) is 49.3 Å². The molecule has 5 rings (SSSR count). The first kappa shape index (κ1) is 24.3. The zero-order valence-electron chi connectivity index (χ0n) is 20.3. The Labute approximate surface area is 211 Å². The smallest absolute Gasteiger partial charge is 0.295 e. The minimum absolute atomic E-state index is 0.0376. The molecule has 1 aliphatic heterocycles. The van der Waals surface area contributed by atoms with Crippen LogP contribution in [0.5, 0.6) is 0 Å². The fourth-order valence-electron chi connectivity index (χ4n) is 4.63. The Balaban J connectivity index is 1.31. The lowest BCUT2D eigenvalue weighted by Gasteiger charge is -2.37. The van der Waals surface area contributed by atoms with Gasteiger partial charge in [0.25, 0.3) is 11.7 Å². The number of carbonyl (C=O) groups is 3. The highest BCUT2D eigenvalue weighted by atomic mass is 19.1. The Hall–Kier alpha value is -4.45. The van der Waals surface area contributed by atoms with Gasteiger partial charge in [0.15, 0.2) is 11.6 Å². The summed E-state index contributed by atoms with van der Waals surface area (Å²) in [6.45, 7) is 0.971. The largest absolute Gasteiger partial charge is 0.357 e. The number of aromatic amines is 1. The molecule has 1 saturated heterocycles. The minimum Gasteiger partial charge on any atom is -0.357 e. The molecule has 0 saturated carbocycles. The van der Waals surface area contributed by atoms with E-state index in [1.54, 1.807) is 4.90 Å². The number of hydrogen-bond acceptors (Lipinski definition) is 7. The molecule has 1 aromatic carbocycles. The van der Waals surface area contributed by atoms with E-state index < -0.39 is 23.5 Å². The van der Waals surface area contributed by atoms with Gasteiger partial charge in [-0.25, -0.2) is 14.1 Å². The number of rotatable bonds is 6. The van der Waals surface area contributed by atoms with Crippen molar-refractivity contribution in [3.05, 3.63) is 72.1 Å². The normalized spacial score (nSPS) is 14.8. The first-order valence-electron chi connectivity index (χ1n) is 11.7. The van der Waals surface area contributed by atoms with Crippen LogP contribution < -0.4 is 0 Å². The van der Waals surface area contributed by atoms with Crippen LogP contribution in [0.4, 0.5) is 4.39 Å². The SMILES string of the molecule is CN(C)[C@@H](C(=O)N1CCN(C(=O)C(=O)c2c[nH]c3c(-n4ccnn4)ncc(F)c23)CC1)c1ccccc1. The van der Waals surface area contributed by atoms with Crippen molar-refractivity contribution in [2.75, 3.05) is 40.3 Å². The quantitative estimate of drug-likeness (QED) is 0.312. The highest BCUT2D eigenvalue weighted by molar-refractivity contribution is 6.45. The van der Waals surface area contributed by atoms with Gasteiger partial charge in [-0.3, -0.25) is 19.3 Å². The van der Waals surface area contributed by atoms with Gasteiger partial charge in [0, 0.05) is 32.4 Å². The summed E-state index contributed by atoms with van der Waals surface area (Å²) >= 11 is 0. The van der Waals surface area contributed by atoms with Crippen LogP contribution in [0.2, 0.25) is 0 Å². The molecular weight excluding hydrogens is 479 g/mol. The van der Waals surface area contributed by atoms with Gasteiger partial charge in [-0.05, 0) is 19.7 Å². The molecule has 0 radical (unpaired) electrons. The van der Waals surface area contributed by atoms with Crippen molar-refractivity contribution in [3.8, 4) is 5.82 Å². The van der Waals surface area contributed by atoms with Crippen molar-refractivity contribution in [3.63, 3.8) is 0 Å². The van der Waals surface area contributed by atoms with Crippen molar-refractivity contribution >= 4 is 28.5 Å². The number of amides is 2. The average molecular weight is 505 g/mol. The molecule has 2 amide bonds. The molecule has 0 aliphatic carbocycles. The molecule has 1 fully saturated rings. The Kier molecular flexibility index (Phi) is 6.49. The average Bonchev–Trinajstić information content (AvgIpc) is 3.60. The van der Waals surface area contributed by atoms with Crippen molar-refractivity contribution in [1.29, 1.82) is 0 Å². The van der Waals surface area contributed by atoms with Crippen LogP contribution in [-0.2, 0) is 9.59 Å². The number of carbonyl (C=O) groups excluding carboxylic acids is 3. The summed E-state index contributed by atoms with van der Waals surface area (Å²) in [6.07, 6.45) is 5.26. The number of pyridine rings is 1. The Bertz CT molecular complexity index is 1440. The van der Waals surface area contributed by atoms with E-state index in [0.717, 1.165) is 11.8 Å². The summed E-state index contributed by atoms with van der Waals surface area (Å²) in [7, 11) is 3.69. The number of fused-ring (bicyclic) bond motifs is 1. The molecule has 37 heavy (non-hydrogen) atoms. The third kappa shape index (κ3) is 4.47. The number of piperazine rings is 1. The molecule has 190 valence electrons. The molecule has 1 atom stereocenters. The molecule has 4 heterocycles. The Morgan fingerprint density at radius 2 is 1.76 bits per heavy atom. The highest BCUT2D eigenvalue weighted by Crippen LogP contribution is 2.26. The van der Waals surface area contributed by atoms with Crippen LogP contribution in [0, 0.1) is 5.82 Å². The van der Waals surface area contributed by atoms with E-state index >= 15 is 0 Å². The van der Waals surface area contributed by atoms with E-state index in [4.69, 9.17) is 0 Å². The number of aromatic nitrogens is 5. The van der Waals surface area contributed by atoms with Gasteiger partial charge in [0.05, 0.1) is 35.1 Å². The summed E-state index contributed by atoms with van der Waals surface area (Å²) < 4.78 is 16.1. The van der Waals surface area contributed by atoms with Crippen LogP contribution in [-0.4, -0.2) is 97.5 Å². The highest BCUT2D eigenvalue weighted by Gasteiger charge is 2.34. The molecule has 11 nitrogen and oxygen atoms in total. The summed E-state index contributed by atoms with van der Waals surface area (Å²) in [5.41, 5.74) is 1.02. The molecule has 4 aromatic rings. The predicted octanol–water partition coefficient (Wildman–Crippen LogP) is 1.44. The molecule has 12 heteroatoms. The minimum atomic E-state index is -0.837. The second-order valence-electron chi connectivity index (χ2n) is 8.95. The Morgan fingerprint density at radius 3 is 2.41 bits per heavy atom. The predicted molar refractivity (Wildman–Crippen MR) is 131 cm³/mol. The lowest BCUT2D eigenvalue weighted by Crippen LogP contribution is -2.54. The standard InChI is InChI=1S/C25H25FN8O3/c1-31(2)21(16-6-4-3-5-7-16)24(36)32-10-12-33(13-11-32)25(37)22(35)17-14-27-20-19(17)18(26)15-28-23(20)34-9-8-29-30-34/h3-9,14-15,21,27H,10-13H2,1-2H3/t21-/m1/s1. The van der Waals surface area contributed by atoms with Crippen LogP contribution in [0.3, 0.4) is 0 Å². The molecule has 0 unspecified atom stereocenters. The number of Topliss-reactive ketones (excluding diaryl/α,β-unsaturated/α-hetero) is 1. The van der Waals surface area contributed by atoms with E-state index in [0.29, 0.717) is 0 Å². The topological polar surface area (TPSA) is 120 Å². The molecule has 1 aliphatic rings. The van der Waals surface area contributed by atoms with Crippen molar-refractivity contribution in [2.24, 2.45) is 0 Å². The lowest BCUT2D eigenvalue weighted by molar-refractivity contribution is -0.141. The first-order chi connectivity index (χ1) is 17.9. The van der Waals surface area contributed by atoms with E-state index in [9.17, 15) is 18.8 Å². The number of halogens is 1. The fourth-order valence-corrected chi connectivity index (χ4v) is 4.63. The molecule has 0 spiro atoms. The van der Waals surface area contributed by atoms with Gasteiger partial charge in [-0.2, -0.15) is 0 Å². The summed E-state index contributed by atoms with van der Waals surface area (Å²) in [5, 5.41) is 7.54. The summed E-state index contributed by atoms with van der Waals surface area (Å²) in [5.74, 6) is -2.14. The van der Waals surface area contributed by atoms with E-state index in [2.05, 4.69) is 20.3 Å². The van der Waals surface area contributed by atoms with Crippen molar-refractivity contribution in [1.82, 2.24) is 39.7 Å². The number of hydrogen-bond donors (Lipinski definition) is 1. The summed E-state index contributed by atoms with van der Waals surface area (Å²) in [4.78, 5) is 51.4. The summed E-state index contributed by atoms with van der Waals surface area (Å²) in [6, 6.07) is 9.04. The van der Waals surface area contributed by atoms with Crippen molar-refractivity contribution < 1.29 is 18.8 Å². The second kappa shape index (κ2) is 9.90. The van der Waals surface area contributed by atoms with Gasteiger partial charge in [0.2, 0.25) is 5.91 Å². The third-order valence-electron chi connectivity index (χ3n) is 6.47. The van der Waals surface area contributed by atoms with Crippen LogP contribution >= 0.6 is 0 Å². The number of benzene rings is 1. The third-order valence-corrected chi connectivity index (χ3v) is 6.47. The molecular formula is C25H25FN8O3.